The monoisotopic (exact) mass is 272 g/mol. The minimum Gasteiger partial charge on any atom is -0.388 e. The summed E-state index contributed by atoms with van der Waals surface area (Å²) in [5.74, 6) is 0. The first-order valence-corrected chi connectivity index (χ1v) is 6.63. The van der Waals surface area contributed by atoms with Crippen LogP contribution in [0.4, 0.5) is 10.7 Å². The first-order chi connectivity index (χ1) is 8.49. The largest absolute Gasteiger partial charge is 0.388 e. The highest BCUT2D eigenvalue weighted by molar-refractivity contribution is 7.16. The van der Waals surface area contributed by atoms with Gasteiger partial charge in [-0.2, -0.15) is 0 Å². The van der Waals surface area contributed by atoms with Gasteiger partial charge in [-0.15, -0.1) is 11.3 Å². The highest BCUT2D eigenvalue weighted by Crippen LogP contribution is 2.40. The summed E-state index contributed by atoms with van der Waals surface area (Å²) in [5, 5.41) is 21.2. The summed E-state index contributed by atoms with van der Waals surface area (Å²) in [5.41, 5.74) is 0.0741. The summed E-state index contributed by atoms with van der Waals surface area (Å²) < 4.78 is 5.43. The molecule has 2 rings (SSSR count). The molecule has 2 heterocycles. The molecule has 100 valence electrons. The summed E-state index contributed by atoms with van der Waals surface area (Å²) >= 11 is 1.28. The molecule has 0 bridgehead atoms. The molecule has 1 fully saturated rings. The summed E-state index contributed by atoms with van der Waals surface area (Å²) in [6.45, 7) is 5.41. The average Bonchev–Trinajstić information content (AvgIpc) is 2.73. The van der Waals surface area contributed by atoms with Gasteiger partial charge in [-0.3, -0.25) is 10.1 Å². The SMILES string of the molecule is CC1CN(c2sc([C@@H](C)O)cc2[N+](=O)[O-])CCO1. The van der Waals surface area contributed by atoms with Gasteiger partial charge in [0.15, 0.2) is 5.00 Å². The Morgan fingerprint density at radius 1 is 1.72 bits per heavy atom. The molecule has 7 heteroatoms. The minimum atomic E-state index is -0.680. The summed E-state index contributed by atoms with van der Waals surface area (Å²) in [7, 11) is 0. The van der Waals surface area contributed by atoms with E-state index in [0.717, 1.165) is 0 Å². The maximum absolute atomic E-state index is 11.1. The number of hydrogen-bond acceptors (Lipinski definition) is 6. The van der Waals surface area contributed by atoms with E-state index in [1.54, 1.807) is 6.92 Å². The molecule has 1 unspecified atom stereocenters. The molecule has 1 aliphatic heterocycles. The predicted molar refractivity (Wildman–Crippen MR) is 69.2 cm³/mol. The number of aliphatic hydroxyl groups excluding tert-OH is 1. The molecule has 1 aromatic rings. The molecule has 1 aromatic heterocycles. The lowest BCUT2D eigenvalue weighted by molar-refractivity contribution is -0.383. The fourth-order valence-corrected chi connectivity index (χ4v) is 3.05. The van der Waals surface area contributed by atoms with Crippen LogP contribution in [-0.2, 0) is 4.74 Å². The van der Waals surface area contributed by atoms with Gasteiger partial charge in [0, 0.05) is 24.0 Å². The van der Waals surface area contributed by atoms with Crippen molar-refractivity contribution in [3.63, 3.8) is 0 Å². The second kappa shape index (κ2) is 5.21. The number of ether oxygens (including phenoxy) is 1. The Balaban J connectivity index is 2.32. The number of aliphatic hydroxyl groups is 1. The van der Waals surface area contributed by atoms with E-state index in [2.05, 4.69) is 0 Å². The summed E-state index contributed by atoms with van der Waals surface area (Å²) in [6.07, 6.45) is -0.614. The van der Waals surface area contributed by atoms with Gasteiger partial charge < -0.3 is 14.7 Å². The fourth-order valence-electron chi connectivity index (χ4n) is 1.96. The zero-order chi connectivity index (χ0) is 13.3. The molecule has 6 nitrogen and oxygen atoms in total. The number of nitro groups is 1. The van der Waals surface area contributed by atoms with Crippen LogP contribution >= 0.6 is 11.3 Å². The molecule has 1 N–H and O–H groups in total. The van der Waals surface area contributed by atoms with Crippen LogP contribution in [0.5, 0.6) is 0 Å². The van der Waals surface area contributed by atoms with Crippen LogP contribution < -0.4 is 4.90 Å². The van der Waals surface area contributed by atoms with Crippen molar-refractivity contribution in [1.29, 1.82) is 0 Å². The van der Waals surface area contributed by atoms with E-state index in [9.17, 15) is 15.2 Å². The fraction of sp³-hybridized carbons (Fsp3) is 0.636. The Morgan fingerprint density at radius 2 is 2.44 bits per heavy atom. The van der Waals surface area contributed by atoms with E-state index in [0.29, 0.717) is 29.6 Å². The number of morpholine rings is 1. The van der Waals surface area contributed by atoms with Gasteiger partial charge in [-0.1, -0.05) is 0 Å². The second-order valence-electron chi connectivity index (χ2n) is 4.40. The molecule has 1 saturated heterocycles. The molecule has 0 aromatic carbocycles. The Hall–Kier alpha value is -1.18. The first-order valence-electron chi connectivity index (χ1n) is 5.81. The normalized spacial score (nSPS) is 21.9. The molecule has 2 atom stereocenters. The highest BCUT2D eigenvalue weighted by atomic mass is 32.1. The van der Waals surface area contributed by atoms with Gasteiger partial charge in [-0.05, 0) is 13.8 Å². The van der Waals surface area contributed by atoms with Gasteiger partial charge >= 0.3 is 5.69 Å². The van der Waals surface area contributed by atoms with Crippen LogP contribution in [0, 0.1) is 10.1 Å². The smallest absolute Gasteiger partial charge is 0.304 e. The van der Waals surface area contributed by atoms with Crippen molar-refractivity contribution in [2.45, 2.75) is 26.1 Å². The zero-order valence-corrected chi connectivity index (χ0v) is 11.1. The molecule has 0 spiro atoms. The molecule has 18 heavy (non-hydrogen) atoms. The Bertz CT molecular complexity index is 446. The van der Waals surface area contributed by atoms with Gasteiger partial charge in [0.05, 0.1) is 23.7 Å². The van der Waals surface area contributed by atoms with E-state index in [-0.39, 0.29) is 11.8 Å². The lowest BCUT2D eigenvalue weighted by Crippen LogP contribution is -2.40. The maximum atomic E-state index is 11.1. The van der Waals surface area contributed by atoms with Crippen molar-refractivity contribution in [2.75, 3.05) is 24.6 Å². The van der Waals surface area contributed by atoms with Crippen molar-refractivity contribution in [1.82, 2.24) is 0 Å². The van der Waals surface area contributed by atoms with E-state index >= 15 is 0 Å². The van der Waals surface area contributed by atoms with Gasteiger partial charge in [0.2, 0.25) is 0 Å². The van der Waals surface area contributed by atoms with Crippen LogP contribution in [0.3, 0.4) is 0 Å². The lowest BCUT2D eigenvalue weighted by atomic mass is 10.3. The van der Waals surface area contributed by atoms with Crippen molar-refractivity contribution < 1.29 is 14.8 Å². The van der Waals surface area contributed by atoms with Crippen molar-refractivity contribution in [2.24, 2.45) is 0 Å². The lowest BCUT2D eigenvalue weighted by Gasteiger charge is -2.31. The van der Waals surface area contributed by atoms with Crippen molar-refractivity contribution >= 4 is 22.0 Å². The van der Waals surface area contributed by atoms with E-state index in [1.807, 2.05) is 11.8 Å². The summed E-state index contributed by atoms with van der Waals surface area (Å²) in [4.78, 5) is 13.2. The van der Waals surface area contributed by atoms with Gasteiger partial charge in [-0.25, -0.2) is 0 Å². The zero-order valence-electron chi connectivity index (χ0n) is 10.3. The molecule has 0 radical (unpaired) electrons. The molecule has 0 amide bonds. The third kappa shape index (κ3) is 2.63. The summed E-state index contributed by atoms with van der Waals surface area (Å²) in [6, 6.07) is 1.46. The first kappa shape index (κ1) is 13.3. The van der Waals surface area contributed by atoms with Gasteiger partial charge in [0.25, 0.3) is 0 Å². The van der Waals surface area contributed by atoms with Crippen LogP contribution in [0.15, 0.2) is 6.07 Å². The number of nitrogens with zero attached hydrogens (tertiary/aromatic N) is 2. The van der Waals surface area contributed by atoms with Crippen LogP contribution in [-0.4, -0.2) is 35.8 Å². The quantitative estimate of drug-likeness (QED) is 0.672. The van der Waals surface area contributed by atoms with Crippen LogP contribution in [0.25, 0.3) is 0 Å². The third-order valence-electron chi connectivity index (χ3n) is 2.85. The van der Waals surface area contributed by atoms with Gasteiger partial charge in [0.1, 0.15) is 0 Å². The number of anilines is 1. The number of thiophene rings is 1. The third-order valence-corrected chi connectivity index (χ3v) is 4.20. The molecular formula is C11H16N2O4S. The van der Waals surface area contributed by atoms with Crippen molar-refractivity contribution in [3.8, 4) is 0 Å². The standard InChI is InChI=1S/C11H16N2O4S/c1-7-6-12(3-4-17-7)11-9(13(15)16)5-10(18-11)8(2)14/h5,7-8,14H,3-4,6H2,1-2H3/t7?,8-/m1/s1. The van der Waals surface area contributed by atoms with Crippen molar-refractivity contribution in [3.05, 3.63) is 21.1 Å². The van der Waals surface area contributed by atoms with E-state index < -0.39 is 11.0 Å². The second-order valence-corrected chi connectivity index (χ2v) is 5.46. The van der Waals surface area contributed by atoms with Crippen LogP contribution in [0.1, 0.15) is 24.8 Å². The highest BCUT2D eigenvalue weighted by Gasteiger charge is 2.28. The average molecular weight is 272 g/mol. The predicted octanol–water partition coefficient (Wildman–Crippen LogP) is 1.93. The Labute approximate surface area is 109 Å². The van der Waals surface area contributed by atoms with Crippen LogP contribution in [0.2, 0.25) is 0 Å². The maximum Gasteiger partial charge on any atom is 0.304 e. The van der Waals surface area contributed by atoms with E-state index in [4.69, 9.17) is 4.74 Å². The molecule has 1 aliphatic rings. The van der Waals surface area contributed by atoms with E-state index in [1.165, 1.54) is 17.4 Å². The molecular weight excluding hydrogens is 256 g/mol. The Kier molecular flexibility index (Phi) is 3.84. The number of rotatable bonds is 3. The molecule has 0 saturated carbocycles. The molecule has 0 aliphatic carbocycles. The minimum absolute atomic E-state index is 0.0652. The Morgan fingerprint density at radius 3 is 3.00 bits per heavy atom. The topological polar surface area (TPSA) is 75.8 Å². The number of hydrogen-bond donors (Lipinski definition) is 1.